The van der Waals surface area contributed by atoms with E-state index in [1.165, 1.54) is 12.7 Å². The zero-order chi connectivity index (χ0) is 13.8. The number of carbonyl (C=O) groups is 1. The van der Waals surface area contributed by atoms with Crippen LogP contribution in [0.5, 0.6) is 5.75 Å². The first-order valence-corrected chi connectivity index (χ1v) is 6.16. The maximum atomic E-state index is 11.0. The maximum absolute atomic E-state index is 11.0. The van der Waals surface area contributed by atoms with E-state index in [0.717, 1.165) is 17.5 Å². The molecule has 0 fully saturated rings. The van der Waals surface area contributed by atoms with Crippen LogP contribution in [0.25, 0.3) is 11.1 Å². The molecule has 2 aromatic carbocycles. The van der Waals surface area contributed by atoms with Gasteiger partial charge in [0.25, 0.3) is 0 Å². The first-order chi connectivity index (χ1) is 9.15. The number of aromatic carboxylic acids is 1. The molecule has 0 aliphatic rings. The van der Waals surface area contributed by atoms with E-state index in [2.05, 4.69) is 19.1 Å². The van der Waals surface area contributed by atoms with E-state index in [-0.39, 0.29) is 5.56 Å². The second-order valence-electron chi connectivity index (χ2n) is 4.27. The molecule has 0 heterocycles. The predicted octanol–water partition coefficient (Wildman–Crippen LogP) is 3.62. The Hall–Kier alpha value is -2.29. The highest BCUT2D eigenvalue weighted by atomic mass is 16.5. The van der Waals surface area contributed by atoms with Crippen molar-refractivity contribution in [3.05, 3.63) is 53.6 Å². The zero-order valence-corrected chi connectivity index (χ0v) is 11.0. The molecule has 0 spiro atoms. The number of methoxy groups -OCH3 is 1. The molecule has 0 aliphatic heterocycles. The lowest BCUT2D eigenvalue weighted by Gasteiger charge is -2.08. The summed E-state index contributed by atoms with van der Waals surface area (Å²) in [5, 5.41) is 9.05. The van der Waals surface area contributed by atoms with E-state index < -0.39 is 5.97 Å². The van der Waals surface area contributed by atoms with Crippen molar-refractivity contribution in [1.29, 1.82) is 0 Å². The van der Waals surface area contributed by atoms with E-state index in [4.69, 9.17) is 9.84 Å². The van der Waals surface area contributed by atoms with Crippen molar-refractivity contribution >= 4 is 5.97 Å². The molecule has 0 atom stereocenters. The Bertz CT molecular complexity index is 585. The summed E-state index contributed by atoms with van der Waals surface area (Å²) in [5.74, 6) is -0.603. The fourth-order valence-corrected chi connectivity index (χ4v) is 1.98. The number of hydrogen-bond acceptors (Lipinski definition) is 2. The van der Waals surface area contributed by atoms with Crippen molar-refractivity contribution in [1.82, 2.24) is 0 Å². The molecule has 0 aliphatic carbocycles. The smallest absolute Gasteiger partial charge is 0.339 e. The van der Waals surface area contributed by atoms with Crippen molar-refractivity contribution in [2.45, 2.75) is 13.3 Å². The van der Waals surface area contributed by atoms with Crippen molar-refractivity contribution in [2.75, 3.05) is 7.11 Å². The summed E-state index contributed by atoms with van der Waals surface area (Å²) in [5.41, 5.74) is 3.45. The number of benzene rings is 2. The SMILES string of the molecule is CCc1ccc(-c2ccc(C(=O)O)c(OC)c2)cc1. The van der Waals surface area contributed by atoms with Crippen LogP contribution in [-0.4, -0.2) is 18.2 Å². The van der Waals surface area contributed by atoms with Gasteiger partial charge in [-0.2, -0.15) is 0 Å². The minimum Gasteiger partial charge on any atom is -0.496 e. The van der Waals surface area contributed by atoms with Gasteiger partial charge in [-0.15, -0.1) is 0 Å². The number of hydrogen-bond donors (Lipinski definition) is 1. The molecule has 2 rings (SSSR count). The average molecular weight is 256 g/mol. The fraction of sp³-hybridized carbons (Fsp3) is 0.188. The van der Waals surface area contributed by atoms with E-state index >= 15 is 0 Å². The largest absolute Gasteiger partial charge is 0.496 e. The number of rotatable bonds is 4. The van der Waals surface area contributed by atoms with Gasteiger partial charge in [0.2, 0.25) is 0 Å². The summed E-state index contributed by atoms with van der Waals surface area (Å²) in [7, 11) is 1.48. The van der Waals surface area contributed by atoms with Crippen molar-refractivity contribution in [3.63, 3.8) is 0 Å². The van der Waals surface area contributed by atoms with Gasteiger partial charge in [-0.25, -0.2) is 4.79 Å². The molecule has 0 saturated heterocycles. The van der Waals surface area contributed by atoms with Crippen molar-refractivity contribution in [2.24, 2.45) is 0 Å². The fourth-order valence-electron chi connectivity index (χ4n) is 1.98. The molecule has 2 aromatic rings. The quantitative estimate of drug-likeness (QED) is 0.908. The third kappa shape index (κ3) is 2.76. The van der Waals surface area contributed by atoms with Crippen LogP contribution >= 0.6 is 0 Å². The zero-order valence-electron chi connectivity index (χ0n) is 11.0. The van der Waals surface area contributed by atoms with Crippen LogP contribution in [0.4, 0.5) is 0 Å². The summed E-state index contributed by atoms with van der Waals surface area (Å²) < 4.78 is 5.13. The Kier molecular flexibility index (Phi) is 3.85. The van der Waals surface area contributed by atoms with Crippen LogP contribution in [0.2, 0.25) is 0 Å². The monoisotopic (exact) mass is 256 g/mol. The third-order valence-electron chi connectivity index (χ3n) is 3.13. The molecule has 98 valence electrons. The highest BCUT2D eigenvalue weighted by Gasteiger charge is 2.11. The van der Waals surface area contributed by atoms with Gasteiger partial charge in [0.1, 0.15) is 11.3 Å². The first-order valence-electron chi connectivity index (χ1n) is 6.16. The van der Waals surface area contributed by atoms with Gasteiger partial charge >= 0.3 is 5.97 Å². The molecule has 0 bridgehead atoms. The van der Waals surface area contributed by atoms with Crippen molar-refractivity contribution in [3.8, 4) is 16.9 Å². The predicted molar refractivity (Wildman–Crippen MR) is 74.8 cm³/mol. The van der Waals surface area contributed by atoms with Crippen LogP contribution in [-0.2, 0) is 6.42 Å². The van der Waals surface area contributed by atoms with Crippen molar-refractivity contribution < 1.29 is 14.6 Å². The molecule has 0 aromatic heterocycles. The lowest BCUT2D eigenvalue weighted by molar-refractivity contribution is 0.0693. The second-order valence-corrected chi connectivity index (χ2v) is 4.27. The van der Waals surface area contributed by atoms with Crippen LogP contribution in [0, 0.1) is 0 Å². The number of carboxylic acids is 1. The molecular weight excluding hydrogens is 240 g/mol. The molecule has 0 radical (unpaired) electrons. The highest BCUT2D eigenvalue weighted by molar-refractivity contribution is 5.92. The topological polar surface area (TPSA) is 46.5 Å². The average Bonchev–Trinajstić information content (AvgIpc) is 2.46. The summed E-state index contributed by atoms with van der Waals surface area (Å²) in [6.07, 6.45) is 1.00. The Morgan fingerprint density at radius 2 is 1.74 bits per heavy atom. The van der Waals surface area contributed by atoms with Gasteiger partial charge in [0.15, 0.2) is 0 Å². The molecule has 0 amide bonds. The van der Waals surface area contributed by atoms with Gasteiger partial charge in [0.05, 0.1) is 7.11 Å². The molecule has 19 heavy (non-hydrogen) atoms. The number of ether oxygens (including phenoxy) is 1. The minimum absolute atomic E-state index is 0.177. The molecule has 1 N–H and O–H groups in total. The summed E-state index contributed by atoms with van der Waals surface area (Å²) >= 11 is 0. The molecule has 0 unspecified atom stereocenters. The van der Waals surface area contributed by atoms with Crippen LogP contribution in [0.1, 0.15) is 22.8 Å². The Morgan fingerprint density at radius 1 is 1.11 bits per heavy atom. The minimum atomic E-state index is -0.982. The third-order valence-corrected chi connectivity index (χ3v) is 3.13. The normalized spacial score (nSPS) is 10.2. The van der Waals surface area contributed by atoms with E-state index in [1.807, 2.05) is 12.1 Å². The van der Waals surface area contributed by atoms with Gasteiger partial charge in [0, 0.05) is 0 Å². The van der Waals surface area contributed by atoms with Gasteiger partial charge in [-0.05, 0) is 35.2 Å². The lowest BCUT2D eigenvalue weighted by atomic mass is 10.0. The Balaban J connectivity index is 2.42. The first kappa shape index (κ1) is 13.1. The second kappa shape index (κ2) is 5.57. The van der Waals surface area contributed by atoms with E-state index in [0.29, 0.717) is 5.75 Å². The van der Waals surface area contributed by atoms with Gasteiger partial charge < -0.3 is 9.84 Å². The van der Waals surface area contributed by atoms with Gasteiger partial charge in [-0.3, -0.25) is 0 Å². The Morgan fingerprint density at radius 3 is 2.26 bits per heavy atom. The standard InChI is InChI=1S/C16H16O3/c1-3-11-4-6-12(7-5-11)13-8-9-14(16(17)18)15(10-13)19-2/h4-10H,3H2,1-2H3,(H,17,18). The molecule has 0 saturated carbocycles. The lowest BCUT2D eigenvalue weighted by Crippen LogP contribution is -2.00. The molecule has 3 heteroatoms. The molecule has 3 nitrogen and oxygen atoms in total. The number of aryl methyl sites for hydroxylation is 1. The number of carboxylic acid groups (broad SMARTS) is 1. The van der Waals surface area contributed by atoms with Gasteiger partial charge in [-0.1, -0.05) is 37.3 Å². The Labute approximate surface area is 112 Å². The molecular formula is C16H16O3. The summed E-state index contributed by atoms with van der Waals surface area (Å²) in [6.45, 7) is 2.11. The van der Waals surface area contributed by atoms with Crippen LogP contribution < -0.4 is 4.74 Å². The summed E-state index contributed by atoms with van der Waals surface area (Å²) in [6, 6.07) is 13.4. The van der Waals surface area contributed by atoms with E-state index in [9.17, 15) is 4.79 Å². The van der Waals surface area contributed by atoms with E-state index in [1.54, 1.807) is 18.2 Å². The van der Waals surface area contributed by atoms with Crippen LogP contribution in [0.3, 0.4) is 0 Å². The highest BCUT2D eigenvalue weighted by Crippen LogP contribution is 2.27. The maximum Gasteiger partial charge on any atom is 0.339 e. The van der Waals surface area contributed by atoms with Crippen LogP contribution in [0.15, 0.2) is 42.5 Å². The summed E-state index contributed by atoms with van der Waals surface area (Å²) in [4.78, 5) is 11.0.